The van der Waals surface area contributed by atoms with Crippen LogP contribution in [0.3, 0.4) is 0 Å². The van der Waals surface area contributed by atoms with Gasteiger partial charge in [-0.3, -0.25) is 0 Å². The molecule has 3 atom stereocenters. The first-order chi connectivity index (χ1) is 10.4. The molecular formula is C17H30N2O3. The van der Waals surface area contributed by atoms with Crippen LogP contribution in [0.1, 0.15) is 46.5 Å². The molecule has 0 saturated carbocycles. The Morgan fingerprint density at radius 2 is 2.09 bits per heavy atom. The summed E-state index contributed by atoms with van der Waals surface area (Å²) in [5, 5.41) is 12.8. The van der Waals surface area contributed by atoms with Crippen molar-refractivity contribution in [3.63, 3.8) is 0 Å². The van der Waals surface area contributed by atoms with Gasteiger partial charge in [-0.1, -0.05) is 12.2 Å². The minimum absolute atomic E-state index is 0.200. The molecule has 0 bridgehead atoms. The lowest BCUT2D eigenvalue weighted by atomic mass is 10.1. The summed E-state index contributed by atoms with van der Waals surface area (Å²) in [7, 11) is 0. The van der Waals surface area contributed by atoms with Crippen molar-refractivity contribution in [1.29, 1.82) is 0 Å². The number of amides is 1. The van der Waals surface area contributed by atoms with Crippen LogP contribution in [0.5, 0.6) is 0 Å². The number of carbonyl (C=O) groups excluding carboxylic acids is 1. The number of nitrogens with one attached hydrogen (secondary N) is 1. The summed E-state index contributed by atoms with van der Waals surface area (Å²) in [6.07, 6.45) is 8.06. The number of likely N-dealkylation sites (tertiary alicyclic amines) is 1. The van der Waals surface area contributed by atoms with Crippen LogP contribution in [0.4, 0.5) is 4.79 Å². The first kappa shape index (κ1) is 17.3. The summed E-state index contributed by atoms with van der Waals surface area (Å²) in [5.74, 6) is 0.293. The van der Waals surface area contributed by atoms with Crippen LogP contribution in [0.2, 0.25) is 0 Å². The first-order valence-corrected chi connectivity index (χ1v) is 8.40. The highest BCUT2D eigenvalue weighted by atomic mass is 16.6. The van der Waals surface area contributed by atoms with Gasteiger partial charge in [0.05, 0.1) is 0 Å². The van der Waals surface area contributed by atoms with Crippen LogP contribution in [0.25, 0.3) is 0 Å². The largest absolute Gasteiger partial charge is 0.444 e. The van der Waals surface area contributed by atoms with Gasteiger partial charge in [0, 0.05) is 37.7 Å². The SMILES string of the molecule is CC(C)(C)OC(=O)N1CCC[C@@H](N[C@@H]2C=C[C@H](CO)C2)CC1. The van der Waals surface area contributed by atoms with Crippen molar-refractivity contribution in [2.45, 2.75) is 64.1 Å². The molecule has 5 nitrogen and oxygen atoms in total. The maximum Gasteiger partial charge on any atom is 0.410 e. The van der Waals surface area contributed by atoms with Gasteiger partial charge in [0.15, 0.2) is 0 Å². The molecule has 1 heterocycles. The molecule has 5 heteroatoms. The van der Waals surface area contributed by atoms with E-state index in [4.69, 9.17) is 4.74 Å². The average Bonchev–Trinajstić information content (AvgIpc) is 2.74. The van der Waals surface area contributed by atoms with Crippen LogP contribution in [-0.4, -0.2) is 53.5 Å². The molecule has 0 unspecified atom stereocenters. The van der Waals surface area contributed by atoms with Crippen molar-refractivity contribution < 1.29 is 14.6 Å². The average molecular weight is 310 g/mol. The van der Waals surface area contributed by atoms with Gasteiger partial charge in [-0.25, -0.2) is 4.79 Å². The van der Waals surface area contributed by atoms with Crippen LogP contribution in [0, 0.1) is 5.92 Å². The molecule has 1 amide bonds. The van der Waals surface area contributed by atoms with Gasteiger partial charge >= 0.3 is 6.09 Å². The van der Waals surface area contributed by atoms with Gasteiger partial charge in [0.25, 0.3) is 0 Å². The Bertz CT molecular complexity index is 403. The Balaban J connectivity index is 1.78. The quantitative estimate of drug-likeness (QED) is 0.785. The highest BCUT2D eigenvalue weighted by Crippen LogP contribution is 2.20. The lowest BCUT2D eigenvalue weighted by Gasteiger charge is -2.26. The summed E-state index contributed by atoms with van der Waals surface area (Å²) in [6.45, 7) is 7.44. The molecular weight excluding hydrogens is 280 g/mol. The third-order valence-electron chi connectivity index (χ3n) is 4.24. The standard InChI is InChI=1S/C17H30N2O3/c1-17(2,3)22-16(21)19-9-4-5-14(8-10-19)18-15-7-6-13(11-15)12-20/h6-7,13-15,18,20H,4-5,8-12H2,1-3H3/t13-,14+,15+/m0/s1. The van der Waals surface area contributed by atoms with Crippen molar-refractivity contribution in [2.24, 2.45) is 5.92 Å². The molecule has 2 rings (SSSR count). The molecule has 2 N–H and O–H groups in total. The normalized spacial score (nSPS) is 29.5. The molecule has 0 spiro atoms. The highest BCUT2D eigenvalue weighted by Gasteiger charge is 2.27. The number of aliphatic hydroxyl groups excluding tert-OH is 1. The summed E-state index contributed by atoms with van der Waals surface area (Å²) in [6, 6.07) is 0.787. The molecule has 0 aromatic carbocycles. The zero-order valence-corrected chi connectivity index (χ0v) is 14.0. The number of carbonyl (C=O) groups is 1. The van der Waals surface area contributed by atoms with E-state index in [0.29, 0.717) is 18.0 Å². The van der Waals surface area contributed by atoms with E-state index < -0.39 is 5.60 Å². The monoisotopic (exact) mass is 310 g/mol. The fourth-order valence-corrected chi connectivity index (χ4v) is 3.11. The van der Waals surface area contributed by atoms with E-state index >= 15 is 0 Å². The van der Waals surface area contributed by atoms with Crippen molar-refractivity contribution >= 4 is 6.09 Å². The van der Waals surface area contributed by atoms with E-state index in [1.807, 2.05) is 25.7 Å². The lowest BCUT2D eigenvalue weighted by molar-refractivity contribution is 0.0256. The molecule has 0 radical (unpaired) electrons. The fraction of sp³-hybridized carbons (Fsp3) is 0.824. The van der Waals surface area contributed by atoms with Crippen molar-refractivity contribution in [1.82, 2.24) is 10.2 Å². The van der Waals surface area contributed by atoms with Crippen LogP contribution < -0.4 is 5.32 Å². The number of nitrogens with zero attached hydrogens (tertiary/aromatic N) is 1. The van der Waals surface area contributed by atoms with Crippen LogP contribution >= 0.6 is 0 Å². The number of hydrogen-bond acceptors (Lipinski definition) is 4. The van der Waals surface area contributed by atoms with E-state index in [2.05, 4.69) is 17.5 Å². The second-order valence-electron chi connectivity index (χ2n) is 7.43. The van der Waals surface area contributed by atoms with Crippen LogP contribution in [-0.2, 0) is 4.74 Å². The van der Waals surface area contributed by atoms with Gasteiger partial charge in [-0.05, 0) is 46.5 Å². The summed E-state index contributed by atoms with van der Waals surface area (Å²) < 4.78 is 5.46. The number of ether oxygens (including phenoxy) is 1. The van der Waals surface area contributed by atoms with E-state index in [1.54, 1.807) is 0 Å². The van der Waals surface area contributed by atoms with Gasteiger partial charge < -0.3 is 20.1 Å². The van der Waals surface area contributed by atoms with E-state index in [0.717, 1.165) is 38.8 Å². The zero-order valence-electron chi connectivity index (χ0n) is 14.0. The minimum Gasteiger partial charge on any atom is -0.444 e. The molecule has 1 saturated heterocycles. The van der Waals surface area contributed by atoms with Crippen molar-refractivity contribution in [3.05, 3.63) is 12.2 Å². The van der Waals surface area contributed by atoms with Gasteiger partial charge in [0.1, 0.15) is 5.60 Å². The Kier molecular flexibility index (Phi) is 5.87. The maximum absolute atomic E-state index is 12.1. The summed E-state index contributed by atoms with van der Waals surface area (Å²) in [4.78, 5) is 14.0. The number of hydrogen-bond donors (Lipinski definition) is 2. The van der Waals surface area contributed by atoms with Gasteiger partial charge in [-0.15, -0.1) is 0 Å². The first-order valence-electron chi connectivity index (χ1n) is 8.40. The summed E-state index contributed by atoms with van der Waals surface area (Å²) in [5.41, 5.74) is -0.436. The van der Waals surface area contributed by atoms with Gasteiger partial charge in [0.2, 0.25) is 0 Å². The third kappa shape index (κ3) is 5.29. The number of rotatable bonds is 3. The highest BCUT2D eigenvalue weighted by molar-refractivity contribution is 5.68. The fourth-order valence-electron chi connectivity index (χ4n) is 3.11. The van der Waals surface area contributed by atoms with Gasteiger partial charge in [-0.2, -0.15) is 0 Å². The Morgan fingerprint density at radius 3 is 2.73 bits per heavy atom. The molecule has 126 valence electrons. The Hall–Kier alpha value is -1.07. The third-order valence-corrected chi connectivity index (χ3v) is 4.24. The molecule has 2 aliphatic rings. The predicted octanol–water partition coefficient (Wildman–Crippen LogP) is 2.30. The second-order valence-corrected chi connectivity index (χ2v) is 7.43. The van der Waals surface area contributed by atoms with E-state index in [-0.39, 0.29) is 12.7 Å². The minimum atomic E-state index is -0.436. The molecule has 1 fully saturated rings. The topological polar surface area (TPSA) is 61.8 Å². The van der Waals surface area contributed by atoms with E-state index in [1.165, 1.54) is 0 Å². The Morgan fingerprint density at radius 1 is 1.32 bits per heavy atom. The molecule has 0 aromatic heterocycles. The molecule has 0 aromatic rings. The lowest BCUT2D eigenvalue weighted by Crippen LogP contribution is -2.39. The van der Waals surface area contributed by atoms with Crippen molar-refractivity contribution in [2.75, 3.05) is 19.7 Å². The maximum atomic E-state index is 12.1. The Labute approximate surface area is 133 Å². The summed E-state index contributed by atoms with van der Waals surface area (Å²) >= 11 is 0. The zero-order chi connectivity index (χ0) is 16.2. The number of aliphatic hydroxyl groups is 1. The second kappa shape index (κ2) is 7.47. The van der Waals surface area contributed by atoms with Crippen molar-refractivity contribution in [3.8, 4) is 0 Å². The molecule has 1 aliphatic heterocycles. The van der Waals surface area contributed by atoms with Crippen LogP contribution in [0.15, 0.2) is 12.2 Å². The predicted molar refractivity (Wildman–Crippen MR) is 86.7 cm³/mol. The smallest absolute Gasteiger partial charge is 0.410 e. The molecule has 1 aliphatic carbocycles. The van der Waals surface area contributed by atoms with E-state index in [9.17, 15) is 9.90 Å². The molecule has 22 heavy (non-hydrogen) atoms.